The molecule has 3 atom stereocenters. The second-order valence-electron chi connectivity index (χ2n) is 5.32. The number of nitrogens with two attached hydrogens (primary N) is 1. The van der Waals surface area contributed by atoms with Crippen LogP contribution in [0.2, 0.25) is 0 Å². The number of amides is 1. The molecule has 1 aliphatic carbocycles. The fourth-order valence-electron chi connectivity index (χ4n) is 2.54. The van der Waals surface area contributed by atoms with Crippen LogP contribution in [0.3, 0.4) is 0 Å². The number of carboxylic acids is 1. The summed E-state index contributed by atoms with van der Waals surface area (Å²) in [6, 6.07) is 0. The molecule has 0 saturated heterocycles. The van der Waals surface area contributed by atoms with Crippen molar-refractivity contribution in [3.05, 3.63) is 0 Å². The van der Waals surface area contributed by atoms with Crippen molar-refractivity contribution >= 4 is 11.9 Å². The Hall–Kier alpha value is -1.10. The van der Waals surface area contributed by atoms with Gasteiger partial charge in [0.05, 0.1) is 0 Å². The maximum Gasteiger partial charge on any atom is 0.303 e. The summed E-state index contributed by atoms with van der Waals surface area (Å²) in [7, 11) is 0. The van der Waals surface area contributed by atoms with Crippen LogP contribution in [0, 0.1) is 17.8 Å². The molecule has 4 N–H and O–H groups in total. The molecule has 5 heteroatoms. The highest BCUT2D eigenvalue weighted by molar-refractivity contribution is 5.79. The standard InChI is InChI=1S/C13H24N2O3/c1-9(5-6-12(16)17)8-15-13(18)11-4-2-3-10(11)7-14/h9-11H,2-8,14H2,1H3,(H,15,18)(H,16,17). The van der Waals surface area contributed by atoms with Gasteiger partial charge in [-0.15, -0.1) is 0 Å². The predicted octanol–water partition coefficient (Wildman–Crippen LogP) is 0.979. The predicted molar refractivity (Wildman–Crippen MR) is 68.9 cm³/mol. The van der Waals surface area contributed by atoms with Crippen molar-refractivity contribution in [1.82, 2.24) is 5.32 Å². The number of carboxylic acid groups (broad SMARTS) is 1. The van der Waals surface area contributed by atoms with Crippen LogP contribution in [0.1, 0.15) is 39.0 Å². The molecular weight excluding hydrogens is 232 g/mol. The zero-order chi connectivity index (χ0) is 13.5. The van der Waals surface area contributed by atoms with E-state index in [1.165, 1.54) is 0 Å². The first-order chi connectivity index (χ1) is 8.54. The molecule has 1 rings (SSSR count). The molecule has 0 bridgehead atoms. The molecule has 0 heterocycles. The third-order valence-electron chi connectivity index (χ3n) is 3.77. The van der Waals surface area contributed by atoms with E-state index in [0.717, 1.165) is 19.3 Å². The Balaban J connectivity index is 2.25. The van der Waals surface area contributed by atoms with Gasteiger partial charge in [0.1, 0.15) is 0 Å². The van der Waals surface area contributed by atoms with Crippen LogP contribution in [0.5, 0.6) is 0 Å². The summed E-state index contributed by atoms with van der Waals surface area (Å²) >= 11 is 0. The maximum absolute atomic E-state index is 12.0. The van der Waals surface area contributed by atoms with E-state index >= 15 is 0 Å². The van der Waals surface area contributed by atoms with E-state index in [9.17, 15) is 9.59 Å². The van der Waals surface area contributed by atoms with E-state index in [1.54, 1.807) is 0 Å². The van der Waals surface area contributed by atoms with Crippen LogP contribution in [-0.2, 0) is 9.59 Å². The first kappa shape index (κ1) is 15.0. The van der Waals surface area contributed by atoms with Crippen molar-refractivity contribution < 1.29 is 14.7 Å². The zero-order valence-electron chi connectivity index (χ0n) is 11.0. The van der Waals surface area contributed by atoms with Gasteiger partial charge in [-0.25, -0.2) is 0 Å². The molecule has 0 aromatic carbocycles. The summed E-state index contributed by atoms with van der Waals surface area (Å²) in [5, 5.41) is 11.5. The first-order valence-corrected chi connectivity index (χ1v) is 6.74. The van der Waals surface area contributed by atoms with Crippen molar-refractivity contribution in [2.24, 2.45) is 23.5 Å². The third-order valence-corrected chi connectivity index (χ3v) is 3.77. The van der Waals surface area contributed by atoms with Gasteiger partial charge in [0.2, 0.25) is 5.91 Å². The average molecular weight is 256 g/mol. The van der Waals surface area contributed by atoms with Gasteiger partial charge in [-0.05, 0) is 37.6 Å². The van der Waals surface area contributed by atoms with E-state index in [2.05, 4.69) is 5.32 Å². The molecule has 5 nitrogen and oxygen atoms in total. The van der Waals surface area contributed by atoms with Crippen molar-refractivity contribution in [1.29, 1.82) is 0 Å². The summed E-state index contributed by atoms with van der Waals surface area (Å²) < 4.78 is 0. The highest BCUT2D eigenvalue weighted by Gasteiger charge is 2.31. The Morgan fingerprint density at radius 2 is 2.17 bits per heavy atom. The quantitative estimate of drug-likeness (QED) is 0.633. The normalized spacial score (nSPS) is 24.8. The smallest absolute Gasteiger partial charge is 0.303 e. The van der Waals surface area contributed by atoms with E-state index in [4.69, 9.17) is 10.8 Å². The van der Waals surface area contributed by atoms with E-state index in [1.807, 2.05) is 6.92 Å². The number of aliphatic carboxylic acids is 1. The summed E-state index contributed by atoms with van der Waals surface area (Å²) in [6.07, 6.45) is 3.81. The topological polar surface area (TPSA) is 92.4 Å². The summed E-state index contributed by atoms with van der Waals surface area (Å²) in [4.78, 5) is 22.4. The highest BCUT2D eigenvalue weighted by atomic mass is 16.4. The molecular formula is C13H24N2O3. The van der Waals surface area contributed by atoms with Crippen molar-refractivity contribution in [3.8, 4) is 0 Å². The van der Waals surface area contributed by atoms with Gasteiger partial charge in [0.15, 0.2) is 0 Å². The van der Waals surface area contributed by atoms with Gasteiger partial charge in [0, 0.05) is 18.9 Å². The van der Waals surface area contributed by atoms with Crippen molar-refractivity contribution in [2.75, 3.05) is 13.1 Å². The minimum absolute atomic E-state index is 0.0571. The number of hydrogen-bond donors (Lipinski definition) is 3. The number of carbonyl (C=O) groups excluding carboxylic acids is 1. The molecule has 0 aromatic rings. The van der Waals surface area contributed by atoms with Gasteiger partial charge in [-0.1, -0.05) is 13.3 Å². The second-order valence-corrected chi connectivity index (χ2v) is 5.32. The number of hydrogen-bond acceptors (Lipinski definition) is 3. The third kappa shape index (κ3) is 4.64. The Bertz CT molecular complexity index is 294. The molecule has 3 unspecified atom stereocenters. The lowest BCUT2D eigenvalue weighted by Gasteiger charge is -2.19. The van der Waals surface area contributed by atoms with Crippen LogP contribution >= 0.6 is 0 Å². The Kier molecular flexibility index (Phi) is 6.12. The molecule has 1 saturated carbocycles. The molecule has 1 aliphatic rings. The number of nitrogens with one attached hydrogen (secondary N) is 1. The van der Waals surface area contributed by atoms with Crippen molar-refractivity contribution in [2.45, 2.75) is 39.0 Å². The lowest BCUT2D eigenvalue weighted by Crippen LogP contribution is -2.37. The SMILES string of the molecule is CC(CCC(=O)O)CNC(=O)C1CCCC1CN. The highest BCUT2D eigenvalue weighted by Crippen LogP contribution is 2.30. The van der Waals surface area contributed by atoms with Gasteiger partial charge >= 0.3 is 5.97 Å². The van der Waals surface area contributed by atoms with Gasteiger partial charge in [-0.3, -0.25) is 9.59 Å². The van der Waals surface area contributed by atoms with Crippen molar-refractivity contribution in [3.63, 3.8) is 0 Å². The van der Waals surface area contributed by atoms with Gasteiger partial charge < -0.3 is 16.2 Å². The summed E-state index contributed by atoms with van der Waals surface area (Å²) in [5.74, 6) is -0.124. The minimum Gasteiger partial charge on any atom is -0.481 e. The number of carbonyl (C=O) groups is 2. The monoisotopic (exact) mass is 256 g/mol. The molecule has 18 heavy (non-hydrogen) atoms. The zero-order valence-corrected chi connectivity index (χ0v) is 11.0. The lowest BCUT2D eigenvalue weighted by atomic mass is 9.95. The van der Waals surface area contributed by atoms with Crippen LogP contribution in [0.25, 0.3) is 0 Å². The van der Waals surface area contributed by atoms with Crippen LogP contribution in [0.4, 0.5) is 0 Å². The lowest BCUT2D eigenvalue weighted by molar-refractivity contribution is -0.137. The van der Waals surface area contributed by atoms with Gasteiger partial charge in [0.25, 0.3) is 0 Å². The second kappa shape index (κ2) is 7.36. The molecule has 0 aliphatic heterocycles. The molecule has 104 valence electrons. The molecule has 0 aromatic heterocycles. The molecule has 0 spiro atoms. The van der Waals surface area contributed by atoms with Gasteiger partial charge in [-0.2, -0.15) is 0 Å². The van der Waals surface area contributed by atoms with Crippen LogP contribution < -0.4 is 11.1 Å². The Morgan fingerprint density at radius 1 is 1.44 bits per heavy atom. The molecule has 1 fully saturated rings. The summed E-state index contributed by atoms with van der Waals surface area (Å²) in [6.45, 7) is 3.09. The van der Waals surface area contributed by atoms with E-state index < -0.39 is 5.97 Å². The van der Waals surface area contributed by atoms with E-state index in [0.29, 0.717) is 25.4 Å². The minimum atomic E-state index is -0.785. The molecule has 0 radical (unpaired) electrons. The maximum atomic E-state index is 12.0. The van der Waals surface area contributed by atoms with Crippen LogP contribution in [-0.4, -0.2) is 30.1 Å². The van der Waals surface area contributed by atoms with E-state index in [-0.39, 0.29) is 24.2 Å². The fourth-order valence-corrected chi connectivity index (χ4v) is 2.54. The number of rotatable bonds is 7. The largest absolute Gasteiger partial charge is 0.481 e. The van der Waals surface area contributed by atoms with Crippen LogP contribution in [0.15, 0.2) is 0 Å². The fraction of sp³-hybridized carbons (Fsp3) is 0.846. The summed E-state index contributed by atoms with van der Waals surface area (Å²) in [5.41, 5.74) is 5.65. The average Bonchev–Trinajstić information content (AvgIpc) is 2.81. The molecule has 1 amide bonds. The first-order valence-electron chi connectivity index (χ1n) is 6.74. The Labute approximate surface area is 108 Å². The Morgan fingerprint density at radius 3 is 2.78 bits per heavy atom.